The highest BCUT2D eigenvalue weighted by atomic mass is 35.5. The van der Waals surface area contributed by atoms with E-state index in [1.807, 2.05) is 18.2 Å². The molecule has 0 aromatic heterocycles. The lowest BCUT2D eigenvalue weighted by molar-refractivity contribution is -0.0517. The molecular weight excluding hydrogens is 234 g/mol. The molecule has 1 aromatic carbocycles. The van der Waals surface area contributed by atoms with Crippen molar-refractivity contribution in [3.8, 4) is 0 Å². The van der Waals surface area contributed by atoms with Crippen LogP contribution in [0.3, 0.4) is 0 Å². The molecule has 0 spiro atoms. The minimum absolute atomic E-state index is 0.0777. The van der Waals surface area contributed by atoms with Crippen molar-refractivity contribution in [2.75, 3.05) is 13.1 Å². The van der Waals surface area contributed by atoms with Gasteiger partial charge in [-0.05, 0) is 31.9 Å². The average Bonchev–Trinajstić information content (AvgIpc) is 2.28. The fourth-order valence-corrected chi connectivity index (χ4v) is 2.24. The Morgan fingerprint density at radius 3 is 2.76 bits per heavy atom. The van der Waals surface area contributed by atoms with Crippen molar-refractivity contribution in [3.63, 3.8) is 0 Å². The van der Waals surface area contributed by atoms with E-state index in [0.717, 1.165) is 23.7 Å². The van der Waals surface area contributed by atoms with Gasteiger partial charge < -0.3 is 10.1 Å². The van der Waals surface area contributed by atoms with Crippen molar-refractivity contribution in [1.82, 2.24) is 5.32 Å². The van der Waals surface area contributed by atoms with Gasteiger partial charge in [0.2, 0.25) is 0 Å². The minimum Gasteiger partial charge on any atom is -0.369 e. The van der Waals surface area contributed by atoms with Crippen molar-refractivity contribution < 1.29 is 4.74 Å². The van der Waals surface area contributed by atoms with E-state index in [9.17, 15) is 0 Å². The summed E-state index contributed by atoms with van der Waals surface area (Å²) >= 11 is 6.23. The van der Waals surface area contributed by atoms with Crippen LogP contribution >= 0.6 is 11.6 Å². The van der Waals surface area contributed by atoms with E-state index in [0.29, 0.717) is 6.10 Å². The van der Waals surface area contributed by atoms with E-state index in [-0.39, 0.29) is 6.10 Å². The Bertz CT molecular complexity index is 352. The fourth-order valence-electron chi connectivity index (χ4n) is 1.98. The zero-order valence-electron chi connectivity index (χ0n) is 10.3. The number of nitrogens with one attached hydrogen (secondary N) is 1. The Hall–Kier alpha value is -0.570. The van der Waals surface area contributed by atoms with Crippen LogP contribution in [0, 0.1) is 0 Å². The van der Waals surface area contributed by atoms with Gasteiger partial charge >= 0.3 is 0 Å². The topological polar surface area (TPSA) is 21.3 Å². The molecule has 0 saturated heterocycles. The highest BCUT2D eigenvalue weighted by Crippen LogP contribution is 2.31. The first-order valence-electron chi connectivity index (χ1n) is 6.42. The van der Waals surface area contributed by atoms with E-state index in [4.69, 9.17) is 16.3 Å². The molecule has 0 bridgehead atoms. The summed E-state index contributed by atoms with van der Waals surface area (Å²) in [6, 6.07) is 7.97. The van der Waals surface area contributed by atoms with Gasteiger partial charge in [-0.2, -0.15) is 0 Å². The Kier molecular flexibility index (Phi) is 4.84. The van der Waals surface area contributed by atoms with E-state index in [2.05, 4.69) is 18.3 Å². The predicted molar refractivity (Wildman–Crippen MR) is 71.5 cm³/mol. The second-order valence-corrected chi connectivity index (χ2v) is 4.91. The van der Waals surface area contributed by atoms with Gasteiger partial charge in [-0.3, -0.25) is 0 Å². The summed E-state index contributed by atoms with van der Waals surface area (Å²) in [4.78, 5) is 0. The number of benzene rings is 1. The molecule has 3 heteroatoms. The van der Waals surface area contributed by atoms with Crippen molar-refractivity contribution in [1.29, 1.82) is 0 Å². The summed E-state index contributed by atoms with van der Waals surface area (Å²) in [6.07, 6.45) is 4.17. The van der Waals surface area contributed by atoms with E-state index in [1.165, 1.54) is 19.3 Å². The maximum atomic E-state index is 6.23. The molecule has 2 nitrogen and oxygen atoms in total. The molecule has 0 amide bonds. The lowest BCUT2D eigenvalue weighted by Crippen LogP contribution is -2.30. The summed E-state index contributed by atoms with van der Waals surface area (Å²) in [5.74, 6) is 0. The molecular formula is C14H20ClNO. The standard InChI is InChI=1S/C14H20ClNO/c1-2-16-10-14(17-11-6-5-7-11)12-8-3-4-9-13(12)15/h3-4,8-9,11,14,16H,2,5-7,10H2,1H3. The van der Waals surface area contributed by atoms with Gasteiger partial charge in [-0.25, -0.2) is 0 Å². The van der Waals surface area contributed by atoms with E-state index >= 15 is 0 Å². The summed E-state index contributed by atoms with van der Waals surface area (Å²) in [5.41, 5.74) is 1.10. The molecule has 0 radical (unpaired) electrons. The number of hydrogen-bond acceptors (Lipinski definition) is 2. The molecule has 1 N–H and O–H groups in total. The first-order valence-corrected chi connectivity index (χ1v) is 6.79. The van der Waals surface area contributed by atoms with Crippen molar-refractivity contribution >= 4 is 11.6 Å². The number of hydrogen-bond donors (Lipinski definition) is 1. The maximum absolute atomic E-state index is 6.23. The van der Waals surface area contributed by atoms with Crippen molar-refractivity contribution in [3.05, 3.63) is 34.9 Å². The second-order valence-electron chi connectivity index (χ2n) is 4.51. The van der Waals surface area contributed by atoms with Crippen LogP contribution in [0.25, 0.3) is 0 Å². The smallest absolute Gasteiger partial charge is 0.0967 e. The van der Waals surface area contributed by atoms with Gasteiger partial charge in [-0.1, -0.05) is 36.7 Å². The first-order chi connectivity index (χ1) is 8.31. The minimum atomic E-state index is 0.0777. The lowest BCUT2D eigenvalue weighted by Gasteiger charge is -2.31. The van der Waals surface area contributed by atoms with Gasteiger partial charge in [0.15, 0.2) is 0 Å². The molecule has 0 heterocycles. The number of ether oxygens (including phenoxy) is 1. The molecule has 1 saturated carbocycles. The molecule has 94 valence electrons. The van der Waals surface area contributed by atoms with Crippen LogP contribution < -0.4 is 5.32 Å². The van der Waals surface area contributed by atoms with Gasteiger partial charge in [-0.15, -0.1) is 0 Å². The van der Waals surface area contributed by atoms with Crippen molar-refractivity contribution in [2.45, 2.75) is 38.4 Å². The molecule has 1 unspecified atom stereocenters. The van der Waals surface area contributed by atoms with E-state index in [1.54, 1.807) is 0 Å². The Morgan fingerprint density at radius 1 is 1.41 bits per heavy atom. The van der Waals surface area contributed by atoms with Crippen LogP contribution in [0.1, 0.15) is 37.9 Å². The Balaban J connectivity index is 2.05. The third kappa shape index (κ3) is 3.44. The Morgan fingerprint density at radius 2 is 2.18 bits per heavy atom. The average molecular weight is 254 g/mol. The molecule has 1 atom stereocenters. The highest BCUT2D eigenvalue weighted by molar-refractivity contribution is 6.31. The third-order valence-electron chi connectivity index (χ3n) is 3.24. The summed E-state index contributed by atoms with van der Waals surface area (Å²) in [6.45, 7) is 3.89. The summed E-state index contributed by atoms with van der Waals surface area (Å²) in [7, 11) is 0. The van der Waals surface area contributed by atoms with Gasteiger partial charge in [0.25, 0.3) is 0 Å². The Labute approximate surface area is 108 Å². The highest BCUT2D eigenvalue weighted by Gasteiger charge is 2.24. The summed E-state index contributed by atoms with van der Waals surface area (Å²) in [5, 5.41) is 4.14. The molecule has 1 aromatic rings. The second kappa shape index (κ2) is 6.39. The van der Waals surface area contributed by atoms with Gasteiger partial charge in [0.1, 0.15) is 0 Å². The zero-order chi connectivity index (χ0) is 12.1. The van der Waals surface area contributed by atoms with Crippen LogP contribution in [0.2, 0.25) is 5.02 Å². The SMILES string of the molecule is CCNCC(OC1CCC1)c1ccccc1Cl. The number of rotatable bonds is 6. The number of halogens is 1. The molecule has 0 aliphatic heterocycles. The molecule has 2 rings (SSSR count). The molecule has 1 aliphatic rings. The van der Waals surface area contributed by atoms with E-state index < -0.39 is 0 Å². The van der Waals surface area contributed by atoms with Gasteiger partial charge in [0.05, 0.1) is 12.2 Å². The fraction of sp³-hybridized carbons (Fsp3) is 0.571. The maximum Gasteiger partial charge on any atom is 0.0967 e. The largest absolute Gasteiger partial charge is 0.369 e. The molecule has 1 fully saturated rings. The third-order valence-corrected chi connectivity index (χ3v) is 3.58. The number of likely N-dealkylation sites (N-methyl/N-ethyl adjacent to an activating group) is 1. The monoisotopic (exact) mass is 253 g/mol. The lowest BCUT2D eigenvalue weighted by atomic mass is 9.95. The quantitative estimate of drug-likeness (QED) is 0.837. The summed E-state index contributed by atoms with van der Waals surface area (Å²) < 4.78 is 6.11. The zero-order valence-corrected chi connectivity index (χ0v) is 11.0. The van der Waals surface area contributed by atoms with Crippen LogP contribution in [-0.4, -0.2) is 19.2 Å². The van der Waals surface area contributed by atoms with Crippen LogP contribution in [0.5, 0.6) is 0 Å². The van der Waals surface area contributed by atoms with Crippen LogP contribution in [-0.2, 0) is 4.74 Å². The molecule has 17 heavy (non-hydrogen) atoms. The predicted octanol–water partition coefficient (Wildman–Crippen LogP) is 3.56. The van der Waals surface area contributed by atoms with Gasteiger partial charge in [0, 0.05) is 17.1 Å². The van der Waals surface area contributed by atoms with Crippen LogP contribution in [0.15, 0.2) is 24.3 Å². The van der Waals surface area contributed by atoms with Crippen molar-refractivity contribution in [2.24, 2.45) is 0 Å². The first kappa shape index (κ1) is 12.9. The molecule has 1 aliphatic carbocycles. The normalized spacial score (nSPS) is 17.8. The van der Waals surface area contributed by atoms with Crippen LogP contribution in [0.4, 0.5) is 0 Å².